The number of aryl methyl sites for hydroxylation is 1. The van der Waals surface area contributed by atoms with Gasteiger partial charge < -0.3 is 4.90 Å². The Balaban J connectivity index is 2.69. The van der Waals surface area contributed by atoms with Crippen molar-refractivity contribution in [3.63, 3.8) is 0 Å². The number of hydrogen-bond donors (Lipinski definition) is 0. The van der Waals surface area contributed by atoms with Crippen LogP contribution in [0.2, 0.25) is 24.2 Å². The molecule has 20 heavy (non-hydrogen) atoms. The van der Waals surface area contributed by atoms with E-state index in [1.54, 1.807) is 19.0 Å². The topological polar surface area (TPSA) is 20.3 Å². The zero-order chi connectivity index (χ0) is 15.2. The molecule has 0 saturated carbocycles. The van der Waals surface area contributed by atoms with Crippen LogP contribution >= 0.6 is 0 Å². The number of carbonyl (C=O) groups is 1. The Morgan fingerprint density at radius 3 is 1.90 bits per heavy atom. The monoisotopic (exact) mass is 291 g/mol. The molecule has 1 aromatic carbocycles. The summed E-state index contributed by atoms with van der Waals surface area (Å²) in [6, 6.07) is 13.7. The highest BCUT2D eigenvalue weighted by Crippen LogP contribution is 2.26. The highest BCUT2D eigenvalue weighted by atomic mass is 28.3. The predicted octanol–water partition coefficient (Wildman–Crippen LogP) is 4.44. The van der Waals surface area contributed by atoms with Crippen LogP contribution in [0.3, 0.4) is 0 Å². The average Bonchev–Trinajstić information content (AvgIpc) is 2.49. The summed E-state index contributed by atoms with van der Waals surface area (Å²) in [5.74, 6) is 0.0796. The first kappa shape index (κ1) is 17.0. The molecule has 0 aliphatic heterocycles. The fourth-order valence-electron chi connectivity index (χ4n) is 2.76. The molecule has 0 aliphatic carbocycles. The number of benzene rings is 1. The minimum absolute atomic E-state index is 0.0796. The van der Waals surface area contributed by atoms with Crippen LogP contribution in [0.4, 0.5) is 0 Å². The highest BCUT2D eigenvalue weighted by Gasteiger charge is 2.25. The van der Waals surface area contributed by atoms with Crippen LogP contribution < -0.4 is 0 Å². The van der Waals surface area contributed by atoms with Gasteiger partial charge in [0.1, 0.15) is 0 Å². The lowest BCUT2D eigenvalue weighted by Gasteiger charge is -2.28. The summed E-state index contributed by atoms with van der Waals surface area (Å²) in [6.45, 7) is 7.08. The van der Waals surface area contributed by atoms with Crippen molar-refractivity contribution in [1.29, 1.82) is 0 Å². The molecule has 0 aliphatic rings. The fourth-order valence-corrected chi connectivity index (χ4v) is 6.14. The largest absolute Gasteiger partial charge is 0.345 e. The average molecular weight is 292 g/mol. The summed E-state index contributed by atoms with van der Waals surface area (Å²) in [5.41, 5.74) is 2.15. The molecule has 1 aromatic rings. The van der Waals surface area contributed by atoms with Crippen LogP contribution in [-0.2, 0) is 6.42 Å². The van der Waals surface area contributed by atoms with Crippen LogP contribution in [0.15, 0.2) is 24.3 Å². The van der Waals surface area contributed by atoms with Crippen molar-refractivity contribution in [3.8, 4) is 0 Å². The third-order valence-corrected chi connectivity index (χ3v) is 10.6. The minimum Gasteiger partial charge on any atom is -0.345 e. The lowest BCUT2D eigenvalue weighted by Crippen LogP contribution is -2.31. The summed E-state index contributed by atoms with van der Waals surface area (Å²) >= 11 is 0. The Hall–Kier alpha value is -1.09. The third kappa shape index (κ3) is 4.20. The van der Waals surface area contributed by atoms with E-state index in [-0.39, 0.29) is 5.91 Å². The molecule has 1 rings (SSSR count). The summed E-state index contributed by atoms with van der Waals surface area (Å²) in [5, 5.41) is 0. The molecule has 0 saturated heterocycles. The molecule has 3 heteroatoms. The Bertz CT molecular complexity index is 413. The van der Waals surface area contributed by atoms with Crippen molar-refractivity contribution in [2.24, 2.45) is 0 Å². The van der Waals surface area contributed by atoms with Gasteiger partial charge in [0, 0.05) is 19.7 Å². The zero-order valence-corrected chi connectivity index (χ0v) is 14.7. The standard InChI is InChI=1S/C17H29NOSi/c1-6-20(7-2,8-3)14-13-15-9-11-16(12-10-15)17(19)18(4)5/h9-12H,6-8,13-14H2,1-5H3. The molecule has 112 valence electrons. The van der Waals surface area contributed by atoms with Crippen molar-refractivity contribution in [2.45, 2.75) is 51.4 Å². The molecular weight excluding hydrogens is 262 g/mol. The van der Waals surface area contributed by atoms with E-state index in [0.717, 1.165) is 12.0 Å². The summed E-state index contributed by atoms with van der Waals surface area (Å²) in [4.78, 5) is 13.5. The molecule has 0 fully saturated rings. The second kappa shape index (κ2) is 7.63. The van der Waals surface area contributed by atoms with Gasteiger partial charge in [0.05, 0.1) is 8.07 Å². The minimum atomic E-state index is -1.03. The molecule has 0 atom stereocenters. The molecule has 2 nitrogen and oxygen atoms in total. The fraction of sp³-hybridized carbons (Fsp3) is 0.588. The van der Waals surface area contributed by atoms with Gasteiger partial charge >= 0.3 is 0 Å². The smallest absolute Gasteiger partial charge is 0.253 e. The quantitative estimate of drug-likeness (QED) is 0.680. The van der Waals surface area contributed by atoms with E-state index in [4.69, 9.17) is 0 Å². The van der Waals surface area contributed by atoms with Crippen LogP contribution in [-0.4, -0.2) is 33.0 Å². The van der Waals surface area contributed by atoms with E-state index in [9.17, 15) is 4.79 Å². The molecule has 0 spiro atoms. The Labute approximate surface area is 125 Å². The lowest BCUT2D eigenvalue weighted by atomic mass is 10.1. The van der Waals surface area contributed by atoms with Crippen molar-refractivity contribution in [3.05, 3.63) is 35.4 Å². The van der Waals surface area contributed by atoms with Gasteiger partial charge in [-0.2, -0.15) is 0 Å². The van der Waals surface area contributed by atoms with E-state index in [2.05, 4.69) is 32.9 Å². The van der Waals surface area contributed by atoms with E-state index in [1.165, 1.54) is 29.7 Å². The predicted molar refractivity (Wildman–Crippen MR) is 90.2 cm³/mol. The normalized spacial score (nSPS) is 11.4. The maximum Gasteiger partial charge on any atom is 0.253 e. The van der Waals surface area contributed by atoms with Gasteiger partial charge in [0.25, 0.3) is 5.91 Å². The second-order valence-corrected chi connectivity index (χ2v) is 11.6. The van der Waals surface area contributed by atoms with E-state index < -0.39 is 8.07 Å². The summed E-state index contributed by atoms with van der Waals surface area (Å²) in [7, 11) is 2.55. The SMILES string of the molecule is CC[Si](CC)(CC)CCc1ccc(C(=O)N(C)C)cc1. The Morgan fingerprint density at radius 2 is 1.50 bits per heavy atom. The van der Waals surface area contributed by atoms with Crippen LogP contribution in [0.25, 0.3) is 0 Å². The van der Waals surface area contributed by atoms with Crippen molar-refractivity contribution in [1.82, 2.24) is 4.90 Å². The van der Waals surface area contributed by atoms with Gasteiger partial charge in [-0.3, -0.25) is 4.79 Å². The van der Waals surface area contributed by atoms with Gasteiger partial charge in [-0.05, 0) is 24.1 Å². The molecule has 0 bridgehead atoms. The maximum absolute atomic E-state index is 11.8. The van der Waals surface area contributed by atoms with Gasteiger partial charge in [-0.1, -0.05) is 57.1 Å². The van der Waals surface area contributed by atoms with E-state index in [0.29, 0.717) is 0 Å². The lowest BCUT2D eigenvalue weighted by molar-refractivity contribution is 0.0827. The molecule has 0 unspecified atom stereocenters. The molecular formula is C17H29NOSi. The van der Waals surface area contributed by atoms with Gasteiger partial charge in [0.15, 0.2) is 0 Å². The van der Waals surface area contributed by atoms with Gasteiger partial charge in [0.2, 0.25) is 0 Å². The highest BCUT2D eigenvalue weighted by molar-refractivity contribution is 6.79. The maximum atomic E-state index is 11.8. The van der Waals surface area contributed by atoms with Crippen molar-refractivity contribution < 1.29 is 4.79 Å². The van der Waals surface area contributed by atoms with E-state index >= 15 is 0 Å². The van der Waals surface area contributed by atoms with Gasteiger partial charge in [-0.25, -0.2) is 0 Å². The number of rotatable bonds is 7. The summed E-state index contributed by atoms with van der Waals surface area (Å²) in [6.07, 6.45) is 1.16. The van der Waals surface area contributed by atoms with Crippen LogP contribution in [0, 0.1) is 0 Å². The molecule has 1 amide bonds. The summed E-state index contributed by atoms with van der Waals surface area (Å²) < 4.78 is 0. The van der Waals surface area contributed by atoms with Gasteiger partial charge in [-0.15, -0.1) is 0 Å². The van der Waals surface area contributed by atoms with Crippen LogP contribution in [0.1, 0.15) is 36.7 Å². The van der Waals surface area contributed by atoms with Crippen molar-refractivity contribution >= 4 is 14.0 Å². The van der Waals surface area contributed by atoms with Crippen molar-refractivity contribution in [2.75, 3.05) is 14.1 Å². The molecule has 0 heterocycles. The molecule has 0 N–H and O–H groups in total. The number of carbonyl (C=O) groups excluding carboxylic acids is 1. The Morgan fingerprint density at radius 1 is 1.00 bits per heavy atom. The number of hydrogen-bond acceptors (Lipinski definition) is 1. The first-order valence-electron chi connectivity index (χ1n) is 7.78. The van der Waals surface area contributed by atoms with E-state index in [1.807, 2.05) is 12.1 Å². The van der Waals surface area contributed by atoms with Crippen LogP contribution in [0.5, 0.6) is 0 Å². The third-order valence-electron chi connectivity index (χ3n) is 4.80. The Kier molecular flexibility index (Phi) is 6.47. The molecule has 0 radical (unpaired) electrons. The second-order valence-electron chi connectivity index (χ2n) is 5.96. The first-order valence-corrected chi connectivity index (χ1v) is 10.6. The molecule has 0 aromatic heterocycles. The zero-order valence-electron chi connectivity index (χ0n) is 13.7. The first-order chi connectivity index (χ1) is 9.48. The number of amides is 1. The number of nitrogens with zero attached hydrogens (tertiary/aromatic N) is 1.